The van der Waals surface area contributed by atoms with E-state index in [1.165, 1.54) is 33.4 Å². The van der Waals surface area contributed by atoms with E-state index in [-0.39, 0.29) is 0 Å². The lowest BCUT2D eigenvalue weighted by Gasteiger charge is -2.04. The van der Waals surface area contributed by atoms with Gasteiger partial charge in [-0.25, -0.2) is 0 Å². The van der Waals surface area contributed by atoms with Gasteiger partial charge in [0.05, 0.1) is 0 Å². The molecular weight excluding hydrogens is 288 g/mol. The third kappa shape index (κ3) is 4.11. The van der Waals surface area contributed by atoms with Gasteiger partial charge in [-0.1, -0.05) is 97.1 Å². The van der Waals surface area contributed by atoms with Crippen molar-refractivity contribution in [3.05, 3.63) is 107 Å². The first-order valence-corrected chi connectivity index (χ1v) is 8.30. The molecule has 0 aliphatic carbocycles. The van der Waals surface area contributed by atoms with Gasteiger partial charge < -0.3 is 0 Å². The summed E-state index contributed by atoms with van der Waals surface area (Å²) in [5.74, 6) is 0. The van der Waals surface area contributed by atoms with Gasteiger partial charge in [0.25, 0.3) is 0 Å². The highest BCUT2D eigenvalue weighted by Crippen LogP contribution is 2.20. The molecule has 0 unspecified atom stereocenters. The largest absolute Gasteiger partial charge is 0.0622 e. The topological polar surface area (TPSA) is 0 Å². The number of hydrogen-bond acceptors (Lipinski definition) is 0. The summed E-state index contributed by atoms with van der Waals surface area (Å²) < 4.78 is 0. The molecule has 0 aromatic heterocycles. The van der Waals surface area contributed by atoms with E-state index in [2.05, 4.69) is 98.8 Å². The maximum absolute atomic E-state index is 2.23. The lowest BCUT2D eigenvalue weighted by molar-refractivity contribution is 1.55. The summed E-state index contributed by atoms with van der Waals surface area (Å²) in [4.78, 5) is 0. The van der Waals surface area contributed by atoms with Gasteiger partial charge in [-0.2, -0.15) is 0 Å². The van der Waals surface area contributed by atoms with Crippen LogP contribution >= 0.6 is 0 Å². The number of hydrogen-bond donors (Lipinski definition) is 0. The molecule has 0 radical (unpaired) electrons. The molecule has 0 heteroatoms. The quantitative estimate of drug-likeness (QED) is 0.464. The van der Waals surface area contributed by atoms with E-state index in [0.717, 1.165) is 0 Å². The fourth-order valence-electron chi connectivity index (χ4n) is 2.76. The highest BCUT2D eigenvalue weighted by Gasteiger charge is 1.97. The van der Waals surface area contributed by atoms with Crippen molar-refractivity contribution in [2.24, 2.45) is 0 Å². The molecule has 0 heterocycles. The first kappa shape index (κ1) is 16.0. The van der Waals surface area contributed by atoms with Crippen LogP contribution < -0.4 is 0 Å². The van der Waals surface area contributed by atoms with Crippen LogP contribution in [0.3, 0.4) is 0 Å². The molecule has 3 aromatic carbocycles. The normalized spacial score (nSPS) is 12.2. The molecule has 0 aliphatic heterocycles. The van der Waals surface area contributed by atoms with E-state index in [0.29, 0.717) is 0 Å². The Kier molecular flexibility index (Phi) is 5.08. The van der Waals surface area contributed by atoms with Crippen LogP contribution in [0.5, 0.6) is 0 Å². The van der Waals surface area contributed by atoms with E-state index in [1.807, 2.05) is 12.1 Å². The van der Waals surface area contributed by atoms with Gasteiger partial charge in [-0.15, -0.1) is 0 Å². The molecule has 0 saturated heterocycles. The molecule has 24 heavy (non-hydrogen) atoms. The van der Waals surface area contributed by atoms with Gasteiger partial charge in [-0.05, 0) is 47.2 Å². The monoisotopic (exact) mass is 310 g/mol. The van der Waals surface area contributed by atoms with Crippen LogP contribution in [-0.4, -0.2) is 0 Å². The van der Waals surface area contributed by atoms with Crippen LogP contribution in [0.15, 0.2) is 84.9 Å². The number of rotatable bonds is 4. The van der Waals surface area contributed by atoms with Crippen molar-refractivity contribution in [3.63, 3.8) is 0 Å². The van der Waals surface area contributed by atoms with Crippen LogP contribution in [0.2, 0.25) is 0 Å². The molecule has 0 bridgehead atoms. The zero-order valence-electron chi connectivity index (χ0n) is 14.2. The van der Waals surface area contributed by atoms with Gasteiger partial charge >= 0.3 is 0 Å². The second-order valence-corrected chi connectivity index (χ2v) is 6.05. The molecule has 0 spiro atoms. The molecule has 0 fully saturated rings. The van der Waals surface area contributed by atoms with Crippen LogP contribution in [0, 0.1) is 0 Å². The molecule has 3 rings (SSSR count). The van der Waals surface area contributed by atoms with Gasteiger partial charge in [0.2, 0.25) is 0 Å². The highest BCUT2D eigenvalue weighted by molar-refractivity contribution is 5.82. The fraction of sp³-hybridized carbons (Fsp3) is 0.0833. The van der Waals surface area contributed by atoms with Crippen molar-refractivity contribution in [3.8, 4) is 0 Å². The average molecular weight is 310 g/mol. The summed E-state index contributed by atoms with van der Waals surface area (Å²) in [5, 5.41) is 0. The summed E-state index contributed by atoms with van der Waals surface area (Å²) in [6, 6.07) is 29.7. The molecule has 0 aliphatic rings. The minimum atomic E-state index is 1.23. The fourth-order valence-corrected chi connectivity index (χ4v) is 2.76. The smallest absolute Gasteiger partial charge is 0.0227 e. The van der Waals surface area contributed by atoms with Crippen LogP contribution in [0.25, 0.3) is 23.3 Å². The predicted molar refractivity (Wildman–Crippen MR) is 106 cm³/mol. The zero-order valence-corrected chi connectivity index (χ0v) is 14.2. The van der Waals surface area contributed by atoms with Crippen molar-refractivity contribution in [1.29, 1.82) is 0 Å². The Morgan fingerprint density at radius 3 is 1.17 bits per heavy atom. The minimum absolute atomic E-state index is 1.23. The molecule has 118 valence electrons. The Morgan fingerprint density at radius 2 is 0.833 bits per heavy atom. The maximum Gasteiger partial charge on any atom is -0.0227 e. The van der Waals surface area contributed by atoms with Crippen LogP contribution in [0.1, 0.15) is 36.1 Å². The molecule has 0 N–H and O–H groups in total. The first-order chi connectivity index (χ1) is 11.7. The standard InChI is InChI=1S/C24H22/c1-19(23-9-5-3-6-10-23)17-21-13-15-22(16-14-21)18-20(2)24-11-7-4-8-12-24/h3-18H,1-2H3/b19-17+,20-18+. The van der Waals surface area contributed by atoms with E-state index >= 15 is 0 Å². The van der Waals surface area contributed by atoms with Crippen molar-refractivity contribution >= 4 is 23.3 Å². The molecule has 0 saturated carbocycles. The van der Waals surface area contributed by atoms with Crippen molar-refractivity contribution in [1.82, 2.24) is 0 Å². The predicted octanol–water partition coefficient (Wildman–Crippen LogP) is 6.81. The maximum atomic E-state index is 2.23. The summed E-state index contributed by atoms with van der Waals surface area (Å²) in [6.07, 6.45) is 4.46. The summed E-state index contributed by atoms with van der Waals surface area (Å²) >= 11 is 0. The zero-order chi connectivity index (χ0) is 16.8. The lowest BCUT2D eigenvalue weighted by Crippen LogP contribution is -1.81. The van der Waals surface area contributed by atoms with Gasteiger partial charge in [0.15, 0.2) is 0 Å². The van der Waals surface area contributed by atoms with E-state index in [1.54, 1.807) is 0 Å². The van der Waals surface area contributed by atoms with Gasteiger partial charge in [0.1, 0.15) is 0 Å². The Balaban J connectivity index is 1.79. The van der Waals surface area contributed by atoms with Crippen LogP contribution in [0.4, 0.5) is 0 Å². The minimum Gasteiger partial charge on any atom is -0.0622 e. The highest BCUT2D eigenvalue weighted by atomic mass is 14.0. The third-order valence-corrected chi connectivity index (χ3v) is 4.16. The third-order valence-electron chi connectivity index (χ3n) is 4.16. The summed E-state index contributed by atoms with van der Waals surface area (Å²) in [5.41, 5.74) is 7.54. The lowest BCUT2D eigenvalue weighted by atomic mass is 10.0. The van der Waals surface area contributed by atoms with Crippen molar-refractivity contribution in [2.75, 3.05) is 0 Å². The van der Waals surface area contributed by atoms with Gasteiger partial charge in [-0.3, -0.25) is 0 Å². The second kappa shape index (κ2) is 7.61. The summed E-state index contributed by atoms with van der Waals surface area (Å²) in [6.45, 7) is 4.31. The van der Waals surface area contributed by atoms with E-state index in [4.69, 9.17) is 0 Å². The van der Waals surface area contributed by atoms with E-state index < -0.39 is 0 Å². The molecule has 0 nitrogen and oxygen atoms in total. The summed E-state index contributed by atoms with van der Waals surface area (Å²) in [7, 11) is 0. The molecular formula is C24H22. The number of allylic oxidation sites excluding steroid dienone is 2. The Labute approximate surface area is 144 Å². The number of benzene rings is 3. The van der Waals surface area contributed by atoms with E-state index in [9.17, 15) is 0 Å². The Morgan fingerprint density at radius 1 is 0.500 bits per heavy atom. The van der Waals surface area contributed by atoms with Crippen molar-refractivity contribution < 1.29 is 0 Å². The van der Waals surface area contributed by atoms with Gasteiger partial charge in [0, 0.05) is 0 Å². The molecule has 0 atom stereocenters. The molecule has 3 aromatic rings. The second-order valence-electron chi connectivity index (χ2n) is 6.05. The van der Waals surface area contributed by atoms with Crippen LogP contribution in [-0.2, 0) is 0 Å². The Hall–Kier alpha value is -2.86. The Bertz CT molecular complexity index is 761. The first-order valence-electron chi connectivity index (χ1n) is 8.30. The molecule has 0 amide bonds. The SMILES string of the molecule is C/C(=C\c1ccc(/C=C(\C)c2ccccc2)cc1)c1ccccc1. The average Bonchev–Trinajstić information content (AvgIpc) is 2.65. The van der Waals surface area contributed by atoms with Crippen molar-refractivity contribution in [2.45, 2.75) is 13.8 Å².